The highest BCUT2D eigenvalue weighted by Gasteiger charge is 1.96. The molecule has 0 saturated heterocycles. The van der Waals surface area contributed by atoms with Gasteiger partial charge in [0.1, 0.15) is 6.07 Å². The van der Waals surface area contributed by atoms with Gasteiger partial charge in [0.15, 0.2) is 0 Å². The highest BCUT2D eigenvalue weighted by atomic mass is 16.1. The molecule has 0 fully saturated rings. The van der Waals surface area contributed by atoms with Crippen LogP contribution in [-0.2, 0) is 4.79 Å². The lowest BCUT2D eigenvalue weighted by Gasteiger charge is -1.98. The molecule has 54 valence electrons. The Kier molecular flexibility index (Phi) is 2.24. The maximum absolute atomic E-state index is 10.0. The first kappa shape index (κ1) is 7.29. The number of nitrogens with one attached hydrogen (secondary N) is 1. The summed E-state index contributed by atoms with van der Waals surface area (Å²) in [7, 11) is 0. The number of carbonyl (C=O) groups excluding carboxylic acids is 1. The van der Waals surface area contributed by atoms with Crippen LogP contribution >= 0.6 is 0 Å². The largest absolute Gasteiger partial charge is 0.328 e. The molecular weight excluding hydrogens is 140 g/mol. The number of hydrogen-bond acceptors (Lipinski definition) is 2. The van der Waals surface area contributed by atoms with Crippen LogP contribution in [0.1, 0.15) is 5.56 Å². The van der Waals surface area contributed by atoms with E-state index >= 15 is 0 Å². The van der Waals surface area contributed by atoms with Crippen LogP contribution in [0.15, 0.2) is 24.3 Å². The summed E-state index contributed by atoms with van der Waals surface area (Å²) in [5.41, 5.74) is 1.02. The van der Waals surface area contributed by atoms with Gasteiger partial charge >= 0.3 is 0 Å². The minimum atomic E-state index is 0.472. The van der Waals surface area contributed by atoms with E-state index < -0.39 is 0 Å². The van der Waals surface area contributed by atoms with Crippen molar-refractivity contribution in [2.24, 2.45) is 0 Å². The smallest absolute Gasteiger partial charge is 0.211 e. The van der Waals surface area contributed by atoms with Gasteiger partial charge in [-0.25, -0.2) is 0 Å². The Morgan fingerprint density at radius 1 is 1.45 bits per heavy atom. The Bertz CT molecular complexity index is 301. The molecule has 0 aliphatic rings. The minimum absolute atomic E-state index is 0.472. The maximum Gasteiger partial charge on any atom is 0.211 e. The SMILES string of the molecule is N#Cc1ccccc1NC=O. The highest BCUT2D eigenvalue weighted by Crippen LogP contribution is 2.11. The average Bonchev–Trinajstić information content (AvgIpc) is 2.06. The molecule has 1 N–H and O–H groups in total. The van der Waals surface area contributed by atoms with E-state index in [9.17, 15) is 4.79 Å². The molecule has 0 aliphatic heterocycles. The van der Waals surface area contributed by atoms with E-state index in [-0.39, 0.29) is 0 Å². The molecule has 0 spiro atoms. The molecule has 0 aliphatic carbocycles. The fourth-order valence-electron chi connectivity index (χ4n) is 0.770. The van der Waals surface area contributed by atoms with Crippen LogP contribution in [0, 0.1) is 11.3 Å². The van der Waals surface area contributed by atoms with Crippen molar-refractivity contribution >= 4 is 12.1 Å². The van der Waals surface area contributed by atoms with E-state index in [2.05, 4.69) is 5.32 Å². The predicted molar refractivity (Wildman–Crippen MR) is 40.8 cm³/mol. The first-order chi connectivity index (χ1) is 5.38. The Morgan fingerprint density at radius 2 is 2.18 bits per heavy atom. The zero-order chi connectivity index (χ0) is 8.10. The minimum Gasteiger partial charge on any atom is -0.328 e. The zero-order valence-corrected chi connectivity index (χ0v) is 5.74. The molecule has 1 amide bonds. The molecule has 0 aromatic heterocycles. The quantitative estimate of drug-likeness (QED) is 0.636. The van der Waals surface area contributed by atoms with Gasteiger partial charge in [0.25, 0.3) is 0 Å². The molecule has 0 heterocycles. The number of nitrogens with zero attached hydrogens (tertiary/aromatic N) is 1. The summed E-state index contributed by atoms with van der Waals surface area (Å²) < 4.78 is 0. The van der Waals surface area contributed by atoms with Crippen LogP contribution in [0.5, 0.6) is 0 Å². The van der Waals surface area contributed by atoms with Gasteiger partial charge in [0, 0.05) is 0 Å². The molecule has 1 rings (SSSR count). The molecule has 3 nitrogen and oxygen atoms in total. The van der Waals surface area contributed by atoms with Crippen LogP contribution in [0.3, 0.4) is 0 Å². The van der Waals surface area contributed by atoms with Crippen molar-refractivity contribution < 1.29 is 4.79 Å². The van der Waals surface area contributed by atoms with Crippen molar-refractivity contribution in [3.63, 3.8) is 0 Å². The van der Waals surface area contributed by atoms with Gasteiger partial charge in [-0.05, 0) is 12.1 Å². The van der Waals surface area contributed by atoms with Gasteiger partial charge in [0.2, 0.25) is 6.41 Å². The number of amides is 1. The molecule has 0 atom stereocenters. The van der Waals surface area contributed by atoms with Crippen molar-refractivity contribution in [3.8, 4) is 6.07 Å². The van der Waals surface area contributed by atoms with Gasteiger partial charge < -0.3 is 5.32 Å². The summed E-state index contributed by atoms with van der Waals surface area (Å²) >= 11 is 0. The third-order valence-electron chi connectivity index (χ3n) is 1.26. The normalized spacial score (nSPS) is 8.27. The lowest BCUT2D eigenvalue weighted by Crippen LogP contribution is -1.95. The molecule has 0 saturated carbocycles. The monoisotopic (exact) mass is 146 g/mol. The fourth-order valence-corrected chi connectivity index (χ4v) is 0.770. The first-order valence-electron chi connectivity index (χ1n) is 3.08. The second-order valence-corrected chi connectivity index (χ2v) is 1.92. The van der Waals surface area contributed by atoms with E-state index in [4.69, 9.17) is 5.26 Å². The first-order valence-corrected chi connectivity index (χ1v) is 3.08. The van der Waals surface area contributed by atoms with Crippen LogP contribution in [-0.4, -0.2) is 6.41 Å². The fraction of sp³-hybridized carbons (Fsp3) is 0. The molecule has 3 heteroatoms. The van der Waals surface area contributed by atoms with Crippen molar-refractivity contribution in [1.29, 1.82) is 5.26 Å². The van der Waals surface area contributed by atoms with E-state index in [1.54, 1.807) is 24.3 Å². The number of rotatable bonds is 2. The van der Waals surface area contributed by atoms with Crippen molar-refractivity contribution in [1.82, 2.24) is 0 Å². The summed E-state index contributed by atoms with van der Waals surface area (Å²) in [6.45, 7) is 0. The summed E-state index contributed by atoms with van der Waals surface area (Å²) in [6.07, 6.45) is 0.552. The number of carbonyl (C=O) groups is 1. The Labute approximate surface area is 64.3 Å². The van der Waals surface area contributed by atoms with Crippen LogP contribution < -0.4 is 5.32 Å². The summed E-state index contributed by atoms with van der Waals surface area (Å²) in [5, 5.41) is 11.0. The molecule has 0 radical (unpaired) electrons. The molecule has 1 aromatic rings. The maximum atomic E-state index is 10.0. The van der Waals surface area contributed by atoms with E-state index in [0.29, 0.717) is 17.7 Å². The lowest BCUT2D eigenvalue weighted by molar-refractivity contribution is -0.105. The van der Waals surface area contributed by atoms with Gasteiger partial charge in [0.05, 0.1) is 11.3 Å². The molecule has 0 unspecified atom stereocenters. The number of benzene rings is 1. The average molecular weight is 146 g/mol. The van der Waals surface area contributed by atoms with Gasteiger partial charge in [-0.1, -0.05) is 12.1 Å². The Hall–Kier alpha value is -1.82. The van der Waals surface area contributed by atoms with E-state index in [1.165, 1.54) is 0 Å². The number of hydrogen-bond donors (Lipinski definition) is 1. The van der Waals surface area contributed by atoms with Gasteiger partial charge in [-0.15, -0.1) is 0 Å². The highest BCUT2D eigenvalue weighted by molar-refractivity contribution is 5.75. The second-order valence-electron chi connectivity index (χ2n) is 1.92. The molecule has 0 bridgehead atoms. The second kappa shape index (κ2) is 3.37. The number of nitriles is 1. The van der Waals surface area contributed by atoms with Crippen LogP contribution in [0.4, 0.5) is 5.69 Å². The Balaban J connectivity index is 3.04. The zero-order valence-electron chi connectivity index (χ0n) is 5.74. The summed E-state index contributed by atoms with van der Waals surface area (Å²) in [4.78, 5) is 10.0. The van der Waals surface area contributed by atoms with Crippen molar-refractivity contribution in [2.45, 2.75) is 0 Å². The summed E-state index contributed by atoms with van der Waals surface area (Å²) in [6, 6.07) is 8.78. The molecule has 11 heavy (non-hydrogen) atoms. The van der Waals surface area contributed by atoms with Crippen LogP contribution in [0.2, 0.25) is 0 Å². The van der Waals surface area contributed by atoms with E-state index in [1.807, 2.05) is 6.07 Å². The van der Waals surface area contributed by atoms with Crippen molar-refractivity contribution in [3.05, 3.63) is 29.8 Å². The van der Waals surface area contributed by atoms with Crippen molar-refractivity contribution in [2.75, 3.05) is 5.32 Å². The Morgan fingerprint density at radius 3 is 2.82 bits per heavy atom. The van der Waals surface area contributed by atoms with Gasteiger partial charge in [-0.2, -0.15) is 5.26 Å². The summed E-state index contributed by atoms with van der Waals surface area (Å²) in [5.74, 6) is 0. The number of para-hydroxylation sites is 1. The number of anilines is 1. The van der Waals surface area contributed by atoms with E-state index in [0.717, 1.165) is 0 Å². The topological polar surface area (TPSA) is 52.9 Å². The molecule has 1 aromatic carbocycles. The predicted octanol–water partition coefficient (Wildman–Crippen LogP) is 1.13. The van der Waals surface area contributed by atoms with Crippen LogP contribution in [0.25, 0.3) is 0 Å². The standard InChI is InChI=1S/C8H6N2O/c9-5-7-3-1-2-4-8(7)10-6-11/h1-4,6H,(H,10,11). The van der Waals surface area contributed by atoms with Gasteiger partial charge in [-0.3, -0.25) is 4.79 Å². The third kappa shape index (κ3) is 1.55. The lowest BCUT2D eigenvalue weighted by atomic mass is 10.2. The molecular formula is C8H6N2O. The third-order valence-corrected chi connectivity index (χ3v) is 1.26.